The lowest BCUT2D eigenvalue weighted by molar-refractivity contribution is -0.140. The van der Waals surface area contributed by atoms with Gasteiger partial charge in [-0.1, -0.05) is 32.9 Å². The first-order chi connectivity index (χ1) is 11.3. The van der Waals surface area contributed by atoms with Crippen LogP contribution in [-0.4, -0.2) is 50.7 Å². The molecule has 0 atom stereocenters. The summed E-state index contributed by atoms with van der Waals surface area (Å²) in [5.74, 6) is -0.391. The predicted molar refractivity (Wildman–Crippen MR) is 94.2 cm³/mol. The van der Waals surface area contributed by atoms with Gasteiger partial charge in [0.05, 0.1) is 13.5 Å². The van der Waals surface area contributed by atoms with Crippen molar-refractivity contribution < 1.29 is 19.1 Å². The predicted octanol–water partition coefficient (Wildman–Crippen LogP) is 3.03. The lowest BCUT2D eigenvalue weighted by atomic mass is 9.86. The maximum Gasteiger partial charge on any atom is 0.307 e. The fourth-order valence-corrected chi connectivity index (χ4v) is 2.34. The highest BCUT2D eigenvalue weighted by molar-refractivity contribution is 5.94. The highest BCUT2D eigenvalue weighted by Gasteiger charge is 2.19. The Labute approximate surface area is 144 Å². The molecule has 5 nitrogen and oxygen atoms in total. The summed E-state index contributed by atoms with van der Waals surface area (Å²) in [5.41, 5.74) is 1.86. The maximum atomic E-state index is 12.7. The van der Waals surface area contributed by atoms with Crippen LogP contribution >= 0.6 is 0 Å². The van der Waals surface area contributed by atoms with E-state index in [1.807, 2.05) is 24.3 Å². The van der Waals surface area contributed by atoms with Crippen LogP contribution < -0.4 is 0 Å². The first kappa shape index (κ1) is 20.2. The number of hydrogen-bond donors (Lipinski definition) is 0. The van der Waals surface area contributed by atoms with Crippen molar-refractivity contribution in [2.45, 2.75) is 39.0 Å². The maximum absolute atomic E-state index is 12.7. The summed E-state index contributed by atoms with van der Waals surface area (Å²) in [7, 11) is 2.98. The molecule has 0 N–H and O–H groups in total. The number of methoxy groups -OCH3 is 2. The van der Waals surface area contributed by atoms with E-state index in [0.717, 1.165) is 6.42 Å². The molecule has 0 unspecified atom stereocenters. The summed E-state index contributed by atoms with van der Waals surface area (Å²) in [6.45, 7) is 7.87. The van der Waals surface area contributed by atoms with Crippen LogP contribution in [0.2, 0.25) is 0 Å². The molecule has 1 rings (SSSR count). The Balaban J connectivity index is 2.82. The molecule has 134 valence electrons. The van der Waals surface area contributed by atoms with Crippen LogP contribution in [0.5, 0.6) is 0 Å². The summed E-state index contributed by atoms with van der Waals surface area (Å²) in [6, 6.07) is 7.68. The van der Waals surface area contributed by atoms with E-state index in [0.29, 0.717) is 25.3 Å². The zero-order valence-corrected chi connectivity index (χ0v) is 15.4. The monoisotopic (exact) mass is 335 g/mol. The summed E-state index contributed by atoms with van der Waals surface area (Å²) < 4.78 is 9.71. The minimum Gasteiger partial charge on any atom is -0.469 e. The Bertz CT molecular complexity index is 531. The standard InChI is InChI=1S/C19H29NO4/c1-19(2,3)16-9-7-15(8-10-16)18(22)20(12-6-14-23-4)13-11-17(21)24-5/h7-10H,6,11-14H2,1-5H3. The number of hydrogen-bond acceptors (Lipinski definition) is 4. The molecule has 1 aromatic rings. The molecular formula is C19H29NO4. The number of benzene rings is 1. The summed E-state index contributed by atoms with van der Waals surface area (Å²) in [4.78, 5) is 25.8. The van der Waals surface area contributed by atoms with Crippen molar-refractivity contribution in [3.05, 3.63) is 35.4 Å². The first-order valence-corrected chi connectivity index (χ1v) is 8.25. The van der Waals surface area contributed by atoms with Crippen LogP contribution in [0, 0.1) is 0 Å². The second-order valence-electron chi connectivity index (χ2n) is 6.79. The molecule has 0 aliphatic rings. The van der Waals surface area contributed by atoms with E-state index >= 15 is 0 Å². The molecular weight excluding hydrogens is 306 g/mol. The zero-order valence-electron chi connectivity index (χ0n) is 15.4. The Morgan fingerprint density at radius 3 is 2.17 bits per heavy atom. The number of rotatable bonds is 8. The largest absolute Gasteiger partial charge is 0.469 e. The van der Waals surface area contributed by atoms with Gasteiger partial charge < -0.3 is 14.4 Å². The lowest BCUT2D eigenvalue weighted by Crippen LogP contribution is -2.34. The fraction of sp³-hybridized carbons (Fsp3) is 0.579. The van der Waals surface area contributed by atoms with Gasteiger partial charge in [0.2, 0.25) is 0 Å². The average Bonchev–Trinajstić information content (AvgIpc) is 2.56. The Morgan fingerprint density at radius 1 is 1.04 bits per heavy atom. The number of nitrogens with zero attached hydrogens (tertiary/aromatic N) is 1. The summed E-state index contributed by atoms with van der Waals surface area (Å²) in [6.07, 6.45) is 0.915. The van der Waals surface area contributed by atoms with E-state index < -0.39 is 0 Å². The van der Waals surface area contributed by atoms with E-state index in [1.165, 1.54) is 12.7 Å². The third kappa shape index (κ3) is 6.32. The number of carbonyl (C=O) groups is 2. The molecule has 0 spiro atoms. The van der Waals surface area contributed by atoms with E-state index in [2.05, 4.69) is 25.5 Å². The molecule has 0 aliphatic carbocycles. The van der Waals surface area contributed by atoms with Crippen molar-refractivity contribution in [1.82, 2.24) is 4.90 Å². The normalized spacial score (nSPS) is 11.2. The SMILES string of the molecule is COCCCN(CCC(=O)OC)C(=O)c1ccc(C(C)(C)C)cc1. The van der Waals surface area contributed by atoms with E-state index in [9.17, 15) is 9.59 Å². The smallest absolute Gasteiger partial charge is 0.307 e. The highest BCUT2D eigenvalue weighted by Crippen LogP contribution is 2.22. The van der Waals surface area contributed by atoms with E-state index in [4.69, 9.17) is 4.74 Å². The van der Waals surface area contributed by atoms with Crippen LogP contribution in [0.25, 0.3) is 0 Å². The van der Waals surface area contributed by atoms with Crippen molar-refractivity contribution >= 4 is 11.9 Å². The van der Waals surface area contributed by atoms with Gasteiger partial charge in [0.25, 0.3) is 5.91 Å². The third-order valence-corrected chi connectivity index (χ3v) is 3.88. The molecule has 24 heavy (non-hydrogen) atoms. The molecule has 0 saturated heterocycles. The molecule has 0 radical (unpaired) electrons. The molecule has 1 aromatic carbocycles. The van der Waals surface area contributed by atoms with Crippen LogP contribution in [0.3, 0.4) is 0 Å². The van der Waals surface area contributed by atoms with Crippen molar-refractivity contribution in [3.63, 3.8) is 0 Å². The molecule has 0 heterocycles. The molecule has 0 fully saturated rings. The first-order valence-electron chi connectivity index (χ1n) is 8.25. The molecule has 0 saturated carbocycles. The molecule has 1 amide bonds. The molecule has 0 bridgehead atoms. The minimum absolute atomic E-state index is 0.0462. The van der Waals surface area contributed by atoms with Gasteiger partial charge in [0.15, 0.2) is 0 Å². The number of ether oxygens (including phenoxy) is 2. The molecule has 5 heteroatoms. The van der Waals surface area contributed by atoms with Crippen molar-refractivity contribution in [2.75, 3.05) is 33.9 Å². The Morgan fingerprint density at radius 2 is 1.67 bits per heavy atom. The van der Waals surface area contributed by atoms with Gasteiger partial charge in [-0.05, 0) is 29.5 Å². The minimum atomic E-state index is -0.317. The zero-order chi connectivity index (χ0) is 18.2. The van der Waals surface area contributed by atoms with Gasteiger partial charge in [-0.25, -0.2) is 0 Å². The fourth-order valence-electron chi connectivity index (χ4n) is 2.34. The van der Waals surface area contributed by atoms with Crippen molar-refractivity contribution in [1.29, 1.82) is 0 Å². The van der Waals surface area contributed by atoms with Crippen molar-refractivity contribution in [3.8, 4) is 0 Å². The third-order valence-electron chi connectivity index (χ3n) is 3.88. The molecule has 0 aliphatic heterocycles. The lowest BCUT2D eigenvalue weighted by Gasteiger charge is -2.23. The van der Waals surface area contributed by atoms with Crippen molar-refractivity contribution in [2.24, 2.45) is 0 Å². The summed E-state index contributed by atoms with van der Waals surface area (Å²) in [5, 5.41) is 0. The quantitative estimate of drug-likeness (QED) is 0.541. The van der Waals surface area contributed by atoms with Gasteiger partial charge >= 0.3 is 5.97 Å². The number of esters is 1. The van der Waals surface area contributed by atoms with Crippen LogP contribution in [0.1, 0.15) is 49.5 Å². The topological polar surface area (TPSA) is 55.8 Å². The molecule has 0 aromatic heterocycles. The van der Waals surface area contributed by atoms with Gasteiger partial charge in [0.1, 0.15) is 0 Å². The van der Waals surface area contributed by atoms with Crippen LogP contribution in [-0.2, 0) is 19.7 Å². The highest BCUT2D eigenvalue weighted by atomic mass is 16.5. The van der Waals surface area contributed by atoms with E-state index in [1.54, 1.807) is 12.0 Å². The van der Waals surface area contributed by atoms with Gasteiger partial charge in [0, 0.05) is 32.4 Å². The van der Waals surface area contributed by atoms with Gasteiger partial charge in [-0.3, -0.25) is 9.59 Å². The average molecular weight is 335 g/mol. The second-order valence-corrected chi connectivity index (χ2v) is 6.79. The number of amides is 1. The Hall–Kier alpha value is -1.88. The second kappa shape index (κ2) is 9.42. The number of carbonyl (C=O) groups excluding carboxylic acids is 2. The van der Waals surface area contributed by atoms with Crippen LogP contribution in [0.15, 0.2) is 24.3 Å². The van der Waals surface area contributed by atoms with Crippen LogP contribution in [0.4, 0.5) is 0 Å². The van der Waals surface area contributed by atoms with Gasteiger partial charge in [-0.15, -0.1) is 0 Å². The van der Waals surface area contributed by atoms with Gasteiger partial charge in [-0.2, -0.15) is 0 Å². The van der Waals surface area contributed by atoms with E-state index in [-0.39, 0.29) is 23.7 Å². The summed E-state index contributed by atoms with van der Waals surface area (Å²) >= 11 is 0. The Kier molecular flexibility index (Phi) is 7.92.